The number of para-hydroxylation sites is 2. The number of imidazole rings is 1. The lowest BCUT2D eigenvalue weighted by atomic mass is 9.96. The Bertz CT molecular complexity index is 3610. The Kier molecular flexibility index (Phi) is 6.90. The molecule has 57 heavy (non-hydrogen) atoms. The van der Waals surface area contributed by atoms with Crippen LogP contribution in [0.2, 0.25) is 0 Å². The number of hydrogen-bond donors (Lipinski definition) is 0. The minimum Gasteiger partial charge on any atom is -0.309 e. The lowest BCUT2D eigenvalue weighted by Crippen LogP contribution is -2.25. The molecule has 0 saturated heterocycles. The fourth-order valence-corrected chi connectivity index (χ4v) is 11.8. The molecule has 0 aliphatic heterocycles. The molecule has 2 aromatic heterocycles. The summed E-state index contributed by atoms with van der Waals surface area (Å²) < 4.78 is 18.3. The zero-order valence-electron chi connectivity index (χ0n) is 30.8. The van der Waals surface area contributed by atoms with E-state index in [1.54, 1.807) is 0 Å². The van der Waals surface area contributed by atoms with Crippen LogP contribution in [0.25, 0.3) is 92.6 Å². The van der Waals surface area contributed by atoms with Gasteiger partial charge in [0.1, 0.15) is 5.65 Å². The highest BCUT2D eigenvalue weighted by Crippen LogP contribution is 2.45. The second-order valence-corrected chi connectivity index (χ2v) is 17.9. The summed E-state index contributed by atoms with van der Waals surface area (Å²) in [4.78, 5) is 5.15. The van der Waals surface area contributed by atoms with Gasteiger partial charge in [-0.2, -0.15) is 0 Å². The van der Waals surface area contributed by atoms with E-state index in [4.69, 9.17) is 4.98 Å². The SMILES string of the molecule is O=P(c1ccc2ccccc2c1)(c1ccc2ccccc2c1)c1ccc2cc(-c3ccc4ccc5c6ccccc6c6nc7ccccc7n6c5c4c3)ccc2c1. The average molecular weight is 745 g/mol. The molecule has 0 saturated carbocycles. The van der Waals surface area contributed by atoms with Crippen LogP contribution in [0.3, 0.4) is 0 Å². The van der Waals surface area contributed by atoms with Gasteiger partial charge in [0.05, 0.1) is 16.6 Å². The largest absolute Gasteiger partial charge is 0.309 e. The van der Waals surface area contributed by atoms with E-state index < -0.39 is 7.14 Å². The second kappa shape index (κ2) is 12.2. The van der Waals surface area contributed by atoms with Gasteiger partial charge in [-0.15, -0.1) is 0 Å². The van der Waals surface area contributed by atoms with Crippen LogP contribution in [0.15, 0.2) is 200 Å². The van der Waals surface area contributed by atoms with Gasteiger partial charge in [-0.1, -0.05) is 158 Å². The van der Waals surface area contributed by atoms with Gasteiger partial charge < -0.3 is 4.57 Å². The van der Waals surface area contributed by atoms with E-state index in [1.165, 1.54) is 27.1 Å². The maximum atomic E-state index is 15.9. The van der Waals surface area contributed by atoms with Crippen LogP contribution in [-0.4, -0.2) is 9.38 Å². The monoisotopic (exact) mass is 744 g/mol. The van der Waals surface area contributed by atoms with Crippen molar-refractivity contribution >= 4 is 105 Å². The molecule has 10 aromatic carbocycles. The first-order valence-corrected chi connectivity index (χ1v) is 21.1. The summed E-state index contributed by atoms with van der Waals surface area (Å²) in [6.07, 6.45) is 0. The Hall–Kier alpha value is -7.06. The van der Waals surface area contributed by atoms with Gasteiger partial charge >= 0.3 is 0 Å². The van der Waals surface area contributed by atoms with Crippen molar-refractivity contribution in [1.29, 1.82) is 0 Å². The van der Waals surface area contributed by atoms with Crippen molar-refractivity contribution in [2.24, 2.45) is 0 Å². The highest BCUT2D eigenvalue weighted by molar-refractivity contribution is 7.85. The zero-order chi connectivity index (χ0) is 37.7. The van der Waals surface area contributed by atoms with Crippen molar-refractivity contribution in [2.75, 3.05) is 0 Å². The third-order valence-corrected chi connectivity index (χ3v) is 15.0. The molecule has 12 rings (SSSR count). The van der Waals surface area contributed by atoms with Crippen molar-refractivity contribution in [3.8, 4) is 11.1 Å². The molecular formula is C53H33N2OP. The first kappa shape index (κ1) is 32.2. The molecule has 0 unspecified atom stereocenters. The predicted molar refractivity (Wildman–Crippen MR) is 243 cm³/mol. The quantitative estimate of drug-likeness (QED) is 0.133. The Balaban J connectivity index is 1.03. The number of hydrogen-bond acceptors (Lipinski definition) is 2. The number of rotatable bonds is 4. The summed E-state index contributed by atoms with van der Waals surface area (Å²) in [6, 6.07) is 70.5. The number of fused-ring (bicyclic) bond motifs is 13. The predicted octanol–water partition coefficient (Wildman–Crippen LogP) is 12.7. The van der Waals surface area contributed by atoms with Gasteiger partial charge in [0.25, 0.3) is 0 Å². The standard InChI is InChI=1S/C53H33N2OP/c56-57(43-25-21-34-9-1-3-11-37(34)30-43,44-26-22-35-10-2-4-12-38(35)31-44)45-27-23-40-29-39(19-20-41(40)32-45)42-18-17-36-24-28-47-46-13-5-6-14-48(46)53-54-50-15-7-8-16-51(50)55(53)52(47)49(36)33-42/h1-33H. The van der Waals surface area contributed by atoms with Gasteiger partial charge in [-0.05, 0) is 96.7 Å². The number of aromatic nitrogens is 2. The van der Waals surface area contributed by atoms with Gasteiger partial charge in [0.15, 0.2) is 7.14 Å². The summed E-state index contributed by atoms with van der Waals surface area (Å²) in [5, 5.41) is 15.0. The number of nitrogens with zero attached hydrogens (tertiary/aromatic N) is 2. The Morgan fingerprint density at radius 1 is 0.368 bits per heavy atom. The Morgan fingerprint density at radius 2 is 0.860 bits per heavy atom. The fourth-order valence-electron chi connectivity index (χ4n) is 9.09. The first-order valence-electron chi connectivity index (χ1n) is 19.4. The normalized spacial score (nSPS) is 12.3. The molecule has 0 fully saturated rings. The molecule has 0 spiro atoms. The maximum absolute atomic E-state index is 15.9. The van der Waals surface area contributed by atoms with E-state index in [1.807, 2.05) is 24.3 Å². The lowest BCUT2D eigenvalue weighted by molar-refractivity contribution is 0.592. The van der Waals surface area contributed by atoms with E-state index in [0.717, 1.165) is 81.4 Å². The average Bonchev–Trinajstić information content (AvgIpc) is 3.67. The summed E-state index contributed by atoms with van der Waals surface area (Å²) >= 11 is 0. The van der Waals surface area contributed by atoms with Crippen LogP contribution in [-0.2, 0) is 4.57 Å². The second-order valence-electron chi connectivity index (χ2n) is 15.1. The van der Waals surface area contributed by atoms with Crippen molar-refractivity contribution in [2.45, 2.75) is 0 Å². The first-order chi connectivity index (χ1) is 28.1. The smallest absolute Gasteiger partial charge is 0.171 e. The zero-order valence-corrected chi connectivity index (χ0v) is 31.7. The Morgan fingerprint density at radius 3 is 1.56 bits per heavy atom. The van der Waals surface area contributed by atoms with Gasteiger partial charge in [0, 0.05) is 32.1 Å². The van der Waals surface area contributed by atoms with Gasteiger partial charge in [-0.3, -0.25) is 4.40 Å². The molecule has 0 aliphatic carbocycles. The highest BCUT2D eigenvalue weighted by atomic mass is 31.2. The number of benzene rings is 10. The van der Waals surface area contributed by atoms with E-state index in [9.17, 15) is 0 Å². The molecule has 0 aliphatic rings. The van der Waals surface area contributed by atoms with Crippen molar-refractivity contribution < 1.29 is 4.57 Å². The fraction of sp³-hybridized carbons (Fsp3) is 0. The van der Waals surface area contributed by atoms with Crippen LogP contribution in [0.1, 0.15) is 0 Å². The molecule has 266 valence electrons. The molecule has 4 heteroatoms. The lowest BCUT2D eigenvalue weighted by Gasteiger charge is -2.22. The minimum absolute atomic E-state index is 0.828. The van der Waals surface area contributed by atoms with E-state index in [0.29, 0.717) is 0 Å². The van der Waals surface area contributed by atoms with Crippen molar-refractivity contribution in [3.05, 3.63) is 200 Å². The molecule has 2 heterocycles. The van der Waals surface area contributed by atoms with Crippen LogP contribution in [0.5, 0.6) is 0 Å². The summed E-state index contributed by atoms with van der Waals surface area (Å²) in [5.41, 5.74) is 6.51. The highest BCUT2D eigenvalue weighted by Gasteiger charge is 2.31. The Labute approximate surface area is 328 Å². The minimum atomic E-state index is -3.27. The maximum Gasteiger partial charge on any atom is 0.171 e. The van der Waals surface area contributed by atoms with Gasteiger partial charge in [0.2, 0.25) is 0 Å². The van der Waals surface area contributed by atoms with Crippen LogP contribution in [0.4, 0.5) is 0 Å². The topological polar surface area (TPSA) is 34.4 Å². The molecule has 0 radical (unpaired) electrons. The molecule has 0 atom stereocenters. The van der Waals surface area contributed by atoms with E-state index in [-0.39, 0.29) is 0 Å². The van der Waals surface area contributed by atoms with Crippen molar-refractivity contribution in [3.63, 3.8) is 0 Å². The number of pyridine rings is 1. The van der Waals surface area contributed by atoms with Crippen molar-refractivity contribution in [1.82, 2.24) is 9.38 Å². The van der Waals surface area contributed by atoms with E-state index in [2.05, 4.69) is 180 Å². The van der Waals surface area contributed by atoms with Crippen LogP contribution in [0, 0.1) is 0 Å². The summed E-state index contributed by atoms with van der Waals surface area (Å²) in [6.45, 7) is 0. The molecular weight excluding hydrogens is 712 g/mol. The van der Waals surface area contributed by atoms with Crippen LogP contribution < -0.4 is 15.9 Å². The summed E-state index contributed by atoms with van der Waals surface area (Å²) in [5.74, 6) is 0. The third kappa shape index (κ3) is 4.86. The van der Waals surface area contributed by atoms with E-state index >= 15 is 4.57 Å². The molecule has 12 aromatic rings. The van der Waals surface area contributed by atoms with Crippen LogP contribution >= 0.6 is 7.14 Å². The molecule has 0 N–H and O–H groups in total. The summed E-state index contributed by atoms with van der Waals surface area (Å²) in [7, 11) is -3.27. The molecule has 0 amide bonds. The third-order valence-electron chi connectivity index (χ3n) is 11.9. The van der Waals surface area contributed by atoms with Gasteiger partial charge in [-0.25, -0.2) is 4.98 Å². The molecule has 0 bridgehead atoms. The molecule has 3 nitrogen and oxygen atoms in total.